The summed E-state index contributed by atoms with van der Waals surface area (Å²) in [6.45, 7) is 1.88. The Morgan fingerprint density at radius 1 is 1.50 bits per heavy atom. The molecule has 1 aromatic rings. The van der Waals surface area contributed by atoms with E-state index >= 15 is 0 Å². The maximum absolute atomic E-state index is 11.5. The first kappa shape index (κ1) is 9.90. The minimum Gasteiger partial charge on any atom is -0.464 e. The van der Waals surface area contributed by atoms with Crippen molar-refractivity contribution >= 4 is 5.97 Å². The van der Waals surface area contributed by atoms with Gasteiger partial charge in [-0.15, -0.1) is 0 Å². The van der Waals surface area contributed by atoms with Crippen molar-refractivity contribution in [3.8, 4) is 0 Å². The molecule has 0 aromatic carbocycles. The molecule has 0 atom stereocenters. The number of aromatic nitrogens is 1. The highest BCUT2D eigenvalue weighted by Crippen LogP contribution is 2.45. The number of fused-ring (bicyclic) bond motifs is 2. The molecule has 1 spiro atoms. The predicted octanol–water partition coefficient (Wildman–Crippen LogP) is 1.33. The van der Waals surface area contributed by atoms with Crippen LogP contribution < -0.4 is 5.32 Å². The summed E-state index contributed by atoms with van der Waals surface area (Å²) in [4.78, 5) is 14.7. The standard InChI is InChI=1S/C12H16N2O2/c1-16-11(15)9-5-8-6-13-7-12(3-2-4-12)10(8)14-9/h5,13-14H,2-4,6-7H2,1H3. The van der Waals surface area contributed by atoms with Gasteiger partial charge in [0.15, 0.2) is 0 Å². The van der Waals surface area contributed by atoms with Gasteiger partial charge in [0, 0.05) is 24.2 Å². The van der Waals surface area contributed by atoms with Crippen molar-refractivity contribution in [2.24, 2.45) is 0 Å². The fraction of sp³-hybridized carbons (Fsp3) is 0.583. The zero-order valence-electron chi connectivity index (χ0n) is 9.43. The number of methoxy groups -OCH3 is 1. The maximum Gasteiger partial charge on any atom is 0.354 e. The van der Waals surface area contributed by atoms with Crippen molar-refractivity contribution in [3.63, 3.8) is 0 Å². The van der Waals surface area contributed by atoms with Crippen molar-refractivity contribution in [1.29, 1.82) is 0 Å². The van der Waals surface area contributed by atoms with Crippen molar-refractivity contribution in [1.82, 2.24) is 10.3 Å². The van der Waals surface area contributed by atoms with Crippen LogP contribution >= 0.6 is 0 Å². The molecule has 0 radical (unpaired) electrons. The van der Waals surface area contributed by atoms with Gasteiger partial charge in [-0.05, 0) is 24.5 Å². The molecular weight excluding hydrogens is 204 g/mol. The first-order chi connectivity index (χ1) is 7.75. The number of aromatic amines is 1. The van der Waals surface area contributed by atoms with E-state index in [-0.39, 0.29) is 11.4 Å². The Kier molecular flexibility index (Phi) is 2.07. The smallest absolute Gasteiger partial charge is 0.354 e. The lowest BCUT2D eigenvalue weighted by atomic mass is 9.64. The van der Waals surface area contributed by atoms with Gasteiger partial charge in [0.1, 0.15) is 5.69 Å². The summed E-state index contributed by atoms with van der Waals surface area (Å²) in [5, 5.41) is 3.43. The molecule has 0 bridgehead atoms. The van der Waals surface area contributed by atoms with Crippen LogP contribution in [0.4, 0.5) is 0 Å². The van der Waals surface area contributed by atoms with Crippen LogP contribution in [0.25, 0.3) is 0 Å². The lowest BCUT2D eigenvalue weighted by molar-refractivity contribution is 0.0594. The summed E-state index contributed by atoms with van der Waals surface area (Å²) in [5.41, 5.74) is 3.34. The average Bonchev–Trinajstić information content (AvgIpc) is 2.69. The third-order valence-electron chi connectivity index (χ3n) is 3.92. The Morgan fingerprint density at radius 3 is 2.94 bits per heavy atom. The van der Waals surface area contributed by atoms with E-state index in [1.807, 2.05) is 6.07 Å². The highest BCUT2D eigenvalue weighted by molar-refractivity contribution is 5.88. The molecule has 16 heavy (non-hydrogen) atoms. The average molecular weight is 220 g/mol. The Morgan fingerprint density at radius 2 is 2.31 bits per heavy atom. The topological polar surface area (TPSA) is 54.1 Å². The van der Waals surface area contributed by atoms with Crippen LogP contribution in [-0.4, -0.2) is 24.6 Å². The van der Waals surface area contributed by atoms with Gasteiger partial charge in [-0.1, -0.05) is 6.42 Å². The molecule has 1 aliphatic carbocycles. The van der Waals surface area contributed by atoms with Crippen molar-refractivity contribution in [2.45, 2.75) is 31.2 Å². The minimum absolute atomic E-state index is 0.264. The maximum atomic E-state index is 11.5. The van der Waals surface area contributed by atoms with Crippen LogP contribution in [0.15, 0.2) is 6.07 Å². The van der Waals surface area contributed by atoms with Crippen molar-refractivity contribution in [2.75, 3.05) is 13.7 Å². The summed E-state index contributed by atoms with van der Waals surface area (Å²) >= 11 is 0. The number of nitrogens with one attached hydrogen (secondary N) is 2. The van der Waals surface area contributed by atoms with Gasteiger partial charge in [-0.2, -0.15) is 0 Å². The van der Waals surface area contributed by atoms with Crippen LogP contribution in [0.5, 0.6) is 0 Å². The lowest BCUT2D eigenvalue weighted by Gasteiger charge is -2.44. The number of hydrogen-bond donors (Lipinski definition) is 2. The van der Waals surface area contributed by atoms with Crippen molar-refractivity contribution in [3.05, 3.63) is 23.0 Å². The molecule has 4 nitrogen and oxygen atoms in total. The molecule has 1 aliphatic heterocycles. The molecule has 86 valence electrons. The first-order valence-electron chi connectivity index (χ1n) is 5.77. The molecule has 2 aliphatic rings. The molecule has 1 saturated carbocycles. The summed E-state index contributed by atoms with van der Waals surface area (Å²) < 4.78 is 4.74. The van der Waals surface area contributed by atoms with Crippen LogP contribution in [-0.2, 0) is 16.7 Å². The molecule has 1 aromatic heterocycles. The zero-order chi connectivity index (χ0) is 11.2. The summed E-state index contributed by atoms with van der Waals surface area (Å²) in [5.74, 6) is -0.274. The largest absolute Gasteiger partial charge is 0.464 e. The summed E-state index contributed by atoms with van der Waals surface area (Å²) in [6.07, 6.45) is 3.72. The second-order valence-corrected chi connectivity index (χ2v) is 4.81. The molecule has 4 heteroatoms. The van der Waals surface area contributed by atoms with Crippen LogP contribution in [0.1, 0.15) is 41.0 Å². The number of esters is 1. The molecule has 0 saturated heterocycles. The number of H-pyrrole nitrogens is 1. The number of carbonyl (C=O) groups excluding carboxylic acids is 1. The van der Waals surface area contributed by atoms with E-state index < -0.39 is 0 Å². The Bertz CT molecular complexity index is 432. The van der Waals surface area contributed by atoms with Gasteiger partial charge in [0.25, 0.3) is 0 Å². The molecular formula is C12H16N2O2. The Balaban J connectivity index is 2.01. The third kappa shape index (κ3) is 1.23. The molecule has 1 fully saturated rings. The molecule has 0 amide bonds. The van der Waals surface area contributed by atoms with Gasteiger partial charge in [-0.25, -0.2) is 4.79 Å². The quantitative estimate of drug-likeness (QED) is 0.702. The van der Waals surface area contributed by atoms with E-state index in [9.17, 15) is 4.79 Å². The Labute approximate surface area is 94.4 Å². The van der Waals surface area contributed by atoms with E-state index in [1.54, 1.807) is 0 Å². The van der Waals surface area contributed by atoms with E-state index in [0.29, 0.717) is 5.69 Å². The number of ether oxygens (including phenoxy) is 1. The molecule has 2 heterocycles. The highest BCUT2D eigenvalue weighted by atomic mass is 16.5. The lowest BCUT2D eigenvalue weighted by Crippen LogP contribution is -2.47. The van der Waals surface area contributed by atoms with Crippen LogP contribution in [0, 0.1) is 0 Å². The first-order valence-corrected chi connectivity index (χ1v) is 5.77. The van der Waals surface area contributed by atoms with E-state index in [2.05, 4.69) is 10.3 Å². The number of hydrogen-bond acceptors (Lipinski definition) is 3. The van der Waals surface area contributed by atoms with Gasteiger partial charge in [-0.3, -0.25) is 0 Å². The van der Waals surface area contributed by atoms with Crippen LogP contribution in [0.3, 0.4) is 0 Å². The summed E-state index contributed by atoms with van der Waals surface area (Å²) in [6, 6.07) is 1.92. The summed E-state index contributed by atoms with van der Waals surface area (Å²) in [7, 11) is 1.42. The van der Waals surface area contributed by atoms with Gasteiger partial charge < -0.3 is 15.0 Å². The van der Waals surface area contributed by atoms with Crippen LogP contribution in [0.2, 0.25) is 0 Å². The second-order valence-electron chi connectivity index (χ2n) is 4.81. The van der Waals surface area contributed by atoms with Crippen molar-refractivity contribution < 1.29 is 9.53 Å². The number of carbonyl (C=O) groups is 1. The fourth-order valence-corrected chi connectivity index (χ4v) is 2.89. The highest BCUT2D eigenvalue weighted by Gasteiger charge is 2.43. The molecule has 0 unspecified atom stereocenters. The fourth-order valence-electron chi connectivity index (χ4n) is 2.89. The minimum atomic E-state index is -0.274. The zero-order valence-corrected chi connectivity index (χ0v) is 9.43. The normalized spacial score (nSPS) is 21.3. The molecule has 2 N–H and O–H groups in total. The van der Waals surface area contributed by atoms with Gasteiger partial charge in [0.05, 0.1) is 7.11 Å². The monoisotopic (exact) mass is 220 g/mol. The van der Waals surface area contributed by atoms with E-state index in [0.717, 1.165) is 13.1 Å². The van der Waals surface area contributed by atoms with Gasteiger partial charge >= 0.3 is 5.97 Å². The molecule has 3 rings (SSSR count). The SMILES string of the molecule is COC(=O)c1cc2c([nH]1)C1(CCC1)CNC2. The van der Waals surface area contributed by atoms with E-state index in [1.165, 1.54) is 37.6 Å². The number of rotatable bonds is 1. The van der Waals surface area contributed by atoms with E-state index in [4.69, 9.17) is 4.74 Å². The van der Waals surface area contributed by atoms with Gasteiger partial charge in [0.2, 0.25) is 0 Å². The Hall–Kier alpha value is -1.29. The third-order valence-corrected chi connectivity index (χ3v) is 3.92. The predicted molar refractivity (Wildman–Crippen MR) is 59.4 cm³/mol. The second kappa shape index (κ2) is 3.35.